The molecule has 2 heterocycles. The molecule has 10 heteroatoms. The Labute approximate surface area is 177 Å². The largest absolute Gasteiger partial charge is 0.382 e. The maximum absolute atomic E-state index is 12.6. The lowest BCUT2D eigenvalue weighted by molar-refractivity contribution is -0.132. The second kappa shape index (κ2) is 8.96. The van der Waals surface area contributed by atoms with Gasteiger partial charge in [-0.3, -0.25) is 9.59 Å². The SMILES string of the molecule is Nc1nc(Cl)ccc1NC(=O)C1CN(C(=O)Cc2cc(Cl)cc(Cl)c2)CCN1. The van der Waals surface area contributed by atoms with Crippen LogP contribution in [-0.4, -0.2) is 47.4 Å². The fourth-order valence-electron chi connectivity index (χ4n) is 2.93. The van der Waals surface area contributed by atoms with Crippen molar-refractivity contribution in [2.45, 2.75) is 12.5 Å². The first-order valence-corrected chi connectivity index (χ1v) is 9.64. The number of halogens is 3. The summed E-state index contributed by atoms with van der Waals surface area (Å²) in [5.74, 6) is -0.285. The van der Waals surface area contributed by atoms with Crippen molar-refractivity contribution in [2.24, 2.45) is 0 Å². The predicted molar refractivity (Wildman–Crippen MR) is 111 cm³/mol. The molecular weight excluding hydrogens is 425 g/mol. The molecule has 1 aliphatic heterocycles. The van der Waals surface area contributed by atoms with E-state index in [-0.39, 0.29) is 35.8 Å². The summed E-state index contributed by atoms with van der Waals surface area (Å²) in [7, 11) is 0. The zero-order valence-corrected chi connectivity index (χ0v) is 17.0. The van der Waals surface area contributed by atoms with Gasteiger partial charge >= 0.3 is 0 Å². The first kappa shape index (κ1) is 20.7. The van der Waals surface area contributed by atoms with Crippen molar-refractivity contribution in [1.29, 1.82) is 0 Å². The predicted octanol–water partition coefficient (Wildman–Crippen LogP) is 2.61. The molecule has 0 saturated carbocycles. The molecule has 1 unspecified atom stereocenters. The lowest BCUT2D eigenvalue weighted by Gasteiger charge is -2.33. The van der Waals surface area contributed by atoms with Gasteiger partial charge in [0, 0.05) is 29.7 Å². The summed E-state index contributed by atoms with van der Waals surface area (Å²) in [5, 5.41) is 7.00. The number of aromatic nitrogens is 1. The van der Waals surface area contributed by atoms with E-state index in [0.717, 1.165) is 5.56 Å². The molecule has 2 amide bonds. The summed E-state index contributed by atoms with van der Waals surface area (Å²) < 4.78 is 0. The van der Waals surface area contributed by atoms with E-state index < -0.39 is 6.04 Å². The van der Waals surface area contributed by atoms with E-state index in [1.807, 2.05) is 0 Å². The summed E-state index contributed by atoms with van der Waals surface area (Å²) >= 11 is 17.7. The Morgan fingerprint density at radius 1 is 1.21 bits per heavy atom. The number of nitrogen functional groups attached to an aromatic ring is 1. The van der Waals surface area contributed by atoms with Gasteiger partial charge in [0.25, 0.3) is 0 Å². The van der Waals surface area contributed by atoms with Gasteiger partial charge in [0.15, 0.2) is 0 Å². The summed E-state index contributed by atoms with van der Waals surface area (Å²) in [6.07, 6.45) is 0.155. The Bertz CT molecular complexity index is 889. The number of nitrogens with zero attached hydrogens (tertiary/aromatic N) is 2. The summed E-state index contributed by atoms with van der Waals surface area (Å²) in [6, 6.07) is 7.56. The van der Waals surface area contributed by atoms with Crippen molar-refractivity contribution in [2.75, 3.05) is 30.7 Å². The van der Waals surface area contributed by atoms with Crippen molar-refractivity contribution in [3.05, 3.63) is 51.1 Å². The molecule has 1 fully saturated rings. The van der Waals surface area contributed by atoms with Crippen LogP contribution < -0.4 is 16.4 Å². The van der Waals surface area contributed by atoms with Gasteiger partial charge in [0.2, 0.25) is 11.8 Å². The highest BCUT2D eigenvalue weighted by atomic mass is 35.5. The van der Waals surface area contributed by atoms with E-state index in [1.54, 1.807) is 29.2 Å². The third-order valence-corrected chi connectivity index (χ3v) is 4.92. The lowest BCUT2D eigenvalue weighted by Crippen LogP contribution is -2.57. The van der Waals surface area contributed by atoms with Gasteiger partial charge in [0.1, 0.15) is 17.0 Å². The van der Waals surface area contributed by atoms with Crippen molar-refractivity contribution in [1.82, 2.24) is 15.2 Å². The van der Waals surface area contributed by atoms with Crippen molar-refractivity contribution < 1.29 is 9.59 Å². The third kappa shape index (κ3) is 5.26. The average molecular weight is 443 g/mol. The van der Waals surface area contributed by atoms with Gasteiger partial charge in [-0.15, -0.1) is 0 Å². The number of carbonyl (C=O) groups is 2. The standard InChI is InChI=1S/C18H18Cl3N5O2/c19-11-5-10(6-12(20)8-11)7-16(27)26-4-3-23-14(9-26)18(28)24-13-1-2-15(21)25-17(13)22/h1-2,5-6,8,14,23H,3-4,7,9H2,(H2,22,25)(H,24,28). The smallest absolute Gasteiger partial charge is 0.243 e. The molecule has 0 radical (unpaired) electrons. The number of benzene rings is 1. The zero-order chi connectivity index (χ0) is 20.3. The number of anilines is 2. The Balaban J connectivity index is 1.62. The molecule has 4 N–H and O–H groups in total. The van der Waals surface area contributed by atoms with Crippen LogP contribution in [0.3, 0.4) is 0 Å². The quantitative estimate of drug-likeness (QED) is 0.632. The fraction of sp³-hybridized carbons (Fsp3) is 0.278. The molecule has 0 aliphatic carbocycles. The molecule has 7 nitrogen and oxygen atoms in total. The van der Waals surface area contributed by atoms with E-state index in [4.69, 9.17) is 40.5 Å². The van der Waals surface area contributed by atoms with Gasteiger partial charge in [-0.25, -0.2) is 4.98 Å². The maximum Gasteiger partial charge on any atom is 0.243 e. The monoisotopic (exact) mass is 441 g/mol. The van der Waals surface area contributed by atoms with Crippen LogP contribution in [-0.2, 0) is 16.0 Å². The van der Waals surface area contributed by atoms with E-state index in [1.165, 1.54) is 6.07 Å². The van der Waals surface area contributed by atoms with Gasteiger partial charge in [-0.2, -0.15) is 0 Å². The minimum atomic E-state index is -0.573. The van der Waals surface area contributed by atoms with Crippen molar-refractivity contribution in [3.63, 3.8) is 0 Å². The highest BCUT2D eigenvalue weighted by molar-refractivity contribution is 6.34. The highest BCUT2D eigenvalue weighted by Gasteiger charge is 2.28. The zero-order valence-electron chi connectivity index (χ0n) is 14.7. The lowest BCUT2D eigenvalue weighted by atomic mass is 10.1. The Hall–Kier alpha value is -2.06. The van der Waals surface area contributed by atoms with Gasteiger partial charge in [0.05, 0.1) is 12.1 Å². The molecule has 2 aromatic rings. The van der Waals surface area contributed by atoms with E-state index in [2.05, 4.69) is 15.6 Å². The molecule has 1 atom stereocenters. The van der Waals surface area contributed by atoms with Gasteiger partial charge in [-0.05, 0) is 35.9 Å². The number of amides is 2. The molecule has 0 bridgehead atoms. The molecule has 3 rings (SSSR count). The van der Waals surface area contributed by atoms with E-state index in [0.29, 0.717) is 28.8 Å². The van der Waals surface area contributed by atoms with Crippen molar-refractivity contribution in [3.8, 4) is 0 Å². The Morgan fingerprint density at radius 3 is 2.61 bits per heavy atom. The number of nitrogens with one attached hydrogen (secondary N) is 2. The average Bonchev–Trinajstić information content (AvgIpc) is 2.63. The minimum absolute atomic E-state index is 0.106. The number of hydrogen-bond acceptors (Lipinski definition) is 5. The molecule has 28 heavy (non-hydrogen) atoms. The Kier molecular flexibility index (Phi) is 6.61. The number of carbonyl (C=O) groups excluding carboxylic acids is 2. The second-order valence-corrected chi connectivity index (χ2v) is 7.62. The van der Waals surface area contributed by atoms with Crippen LogP contribution in [0.25, 0.3) is 0 Å². The van der Waals surface area contributed by atoms with E-state index in [9.17, 15) is 9.59 Å². The first-order valence-electron chi connectivity index (χ1n) is 8.51. The molecule has 148 valence electrons. The van der Waals surface area contributed by atoms with Gasteiger partial charge in [-0.1, -0.05) is 34.8 Å². The summed E-state index contributed by atoms with van der Waals surface area (Å²) in [5.41, 5.74) is 6.86. The summed E-state index contributed by atoms with van der Waals surface area (Å²) in [4.78, 5) is 30.7. The van der Waals surface area contributed by atoms with Crippen LogP contribution in [0.15, 0.2) is 30.3 Å². The van der Waals surface area contributed by atoms with Crippen LogP contribution >= 0.6 is 34.8 Å². The van der Waals surface area contributed by atoms with Crippen molar-refractivity contribution >= 4 is 58.1 Å². The Morgan fingerprint density at radius 2 is 1.93 bits per heavy atom. The molecule has 0 spiro atoms. The molecule has 1 aromatic carbocycles. The van der Waals surface area contributed by atoms with Crippen LogP contribution in [0.2, 0.25) is 15.2 Å². The minimum Gasteiger partial charge on any atom is -0.382 e. The van der Waals surface area contributed by atoms with Crippen LogP contribution in [0.1, 0.15) is 5.56 Å². The van der Waals surface area contributed by atoms with Gasteiger partial charge < -0.3 is 21.3 Å². The second-order valence-electron chi connectivity index (χ2n) is 6.36. The normalized spacial score (nSPS) is 16.7. The fourth-order valence-corrected chi connectivity index (χ4v) is 3.65. The molecular formula is C18H18Cl3N5O2. The maximum atomic E-state index is 12.6. The molecule has 1 aromatic heterocycles. The number of nitrogens with two attached hydrogens (primary N) is 1. The summed E-state index contributed by atoms with van der Waals surface area (Å²) in [6.45, 7) is 1.23. The first-order chi connectivity index (χ1) is 13.3. The topological polar surface area (TPSA) is 100 Å². The number of piperazine rings is 1. The van der Waals surface area contributed by atoms with E-state index >= 15 is 0 Å². The van der Waals surface area contributed by atoms with Crippen LogP contribution in [0.4, 0.5) is 11.5 Å². The molecule has 1 saturated heterocycles. The third-order valence-electron chi connectivity index (χ3n) is 4.27. The van der Waals surface area contributed by atoms with Crippen LogP contribution in [0, 0.1) is 0 Å². The number of hydrogen-bond donors (Lipinski definition) is 3. The highest BCUT2D eigenvalue weighted by Crippen LogP contribution is 2.21. The number of pyridine rings is 1. The van der Waals surface area contributed by atoms with Crippen LogP contribution in [0.5, 0.6) is 0 Å². The number of rotatable bonds is 4. The molecule has 1 aliphatic rings.